The number of nitrogens with one attached hydrogen (secondary N) is 1. The summed E-state index contributed by atoms with van der Waals surface area (Å²) in [6.07, 6.45) is -0.562. The van der Waals surface area contributed by atoms with Crippen molar-refractivity contribution in [2.75, 3.05) is 5.32 Å². The molecule has 2 heterocycles. The van der Waals surface area contributed by atoms with Gasteiger partial charge in [-0.25, -0.2) is 0 Å². The Kier molecular flexibility index (Phi) is 7.25. The first kappa shape index (κ1) is 27.3. The number of para-hydroxylation sites is 1. The van der Waals surface area contributed by atoms with E-state index < -0.39 is 6.23 Å². The molecule has 0 radical (unpaired) electrons. The summed E-state index contributed by atoms with van der Waals surface area (Å²) in [5.74, 6) is 1.34. The van der Waals surface area contributed by atoms with Gasteiger partial charge in [0.05, 0.1) is 0 Å². The van der Waals surface area contributed by atoms with Gasteiger partial charge in [-0.1, -0.05) is 101 Å². The molecule has 39 heavy (non-hydrogen) atoms. The lowest BCUT2D eigenvalue weighted by molar-refractivity contribution is 0.224. The van der Waals surface area contributed by atoms with E-state index in [1.165, 1.54) is 11.8 Å². The number of ether oxygens (including phenoxy) is 1. The third-order valence-electron chi connectivity index (χ3n) is 6.70. The number of benzene rings is 3. The van der Waals surface area contributed by atoms with Crippen LogP contribution in [0.5, 0.6) is 11.6 Å². The minimum atomic E-state index is -0.562. The third kappa shape index (κ3) is 5.70. The van der Waals surface area contributed by atoms with E-state index in [2.05, 4.69) is 57.1 Å². The highest BCUT2D eigenvalue weighted by molar-refractivity contribution is 7.98. The zero-order valence-corrected chi connectivity index (χ0v) is 24.6. The van der Waals surface area contributed by atoms with E-state index in [1.807, 2.05) is 60.7 Å². The van der Waals surface area contributed by atoms with Gasteiger partial charge in [0.2, 0.25) is 11.0 Å². The Balaban J connectivity index is 1.58. The van der Waals surface area contributed by atoms with Crippen LogP contribution in [0.4, 0.5) is 5.69 Å². The highest BCUT2D eigenvalue weighted by Crippen LogP contribution is 2.44. The molecule has 2 N–H and O–H groups in total. The summed E-state index contributed by atoms with van der Waals surface area (Å²) in [5, 5.41) is 25.0. The molecule has 1 aromatic heterocycles. The van der Waals surface area contributed by atoms with Gasteiger partial charge >= 0.3 is 0 Å². The second-order valence-corrected chi connectivity index (χ2v) is 13.1. The van der Waals surface area contributed by atoms with Gasteiger partial charge in [0.15, 0.2) is 11.9 Å². The number of fused-ring (bicyclic) bond motifs is 3. The van der Waals surface area contributed by atoms with Gasteiger partial charge in [0.1, 0.15) is 5.75 Å². The Morgan fingerprint density at radius 2 is 1.56 bits per heavy atom. The first-order valence-electron chi connectivity index (χ1n) is 12.9. The van der Waals surface area contributed by atoms with E-state index in [1.54, 1.807) is 0 Å². The predicted molar refractivity (Wildman–Crippen MR) is 159 cm³/mol. The Hall–Kier alpha value is -3.29. The number of phenolic OH excluding ortho intramolecular Hbond substituents is 1. The summed E-state index contributed by atoms with van der Waals surface area (Å²) >= 11 is 7.81. The van der Waals surface area contributed by atoms with E-state index in [9.17, 15) is 5.11 Å². The monoisotopic (exact) mass is 560 g/mol. The zero-order valence-electron chi connectivity index (χ0n) is 23.0. The molecule has 1 aliphatic heterocycles. The number of anilines is 1. The maximum Gasteiger partial charge on any atom is 0.247 e. The Bertz CT molecular complexity index is 1490. The van der Waals surface area contributed by atoms with Crippen molar-refractivity contribution in [2.24, 2.45) is 0 Å². The molecule has 0 saturated carbocycles. The molecule has 3 aromatic carbocycles. The second-order valence-electron chi connectivity index (χ2n) is 11.8. The third-order valence-corrected chi connectivity index (χ3v) is 7.95. The standard InChI is InChI=1S/C31H33ClN4O2S/c1-30(2,3)21-15-19(16-22(26(21)37)31(4,5)6)27-33-24-14-10-8-12-20(24)25-28(38-27)34-29(36-35-25)39-17-18-11-7-9-13-23(18)32/h7-16,27,33,37H,17H2,1-6H3/t27-/m1/s1. The molecule has 5 rings (SSSR count). The molecule has 0 unspecified atom stereocenters. The van der Waals surface area contributed by atoms with Crippen molar-refractivity contribution < 1.29 is 9.84 Å². The average Bonchev–Trinajstić information content (AvgIpc) is 3.03. The molecular weight excluding hydrogens is 528 g/mol. The average molecular weight is 561 g/mol. The van der Waals surface area contributed by atoms with E-state index in [0.29, 0.717) is 33.3 Å². The molecule has 0 bridgehead atoms. The molecule has 0 aliphatic carbocycles. The molecule has 0 spiro atoms. The number of aromatic hydroxyl groups is 1. The van der Waals surface area contributed by atoms with E-state index in [0.717, 1.165) is 33.5 Å². The topological polar surface area (TPSA) is 80.2 Å². The van der Waals surface area contributed by atoms with Crippen LogP contribution in [0.25, 0.3) is 11.3 Å². The Morgan fingerprint density at radius 3 is 2.23 bits per heavy atom. The van der Waals surface area contributed by atoms with Crippen LogP contribution in [0.1, 0.15) is 70.0 Å². The molecule has 6 nitrogen and oxygen atoms in total. The summed E-state index contributed by atoms with van der Waals surface area (Å²) in [5.41, 5.74) is 5.40. The normalized spacial score (nSPS) is 15.0. The summed E-state index contributed by atoms with van der Waals surface area (Å²) < 4.78 is 6.57. The van der Waals surface area contributed by atoms with E-state index in [4.69, 9.17) is 21.3 Å². The predicted octanol–water partition coefficient (Wildman–Crippen LogP) is 8.29. The Morgan fingerprint density at radius 1 is 0.923 bits per heavy atom. The number of halogens is 1. The van der Waals surface area contributed by atoms with Crippen LogP contribution in [0, 0.1) is 0 Å². The first-order chi connectivity index (χ1) is 18.4. The number of rotatable bonds is 4. The minimum absolute atomic E-state index is 0.271. The highest BCUT2D eigenvalue weighted by atomic mass is 35.5. The molecule has 0 saturated heterocycles. The Labute approximate surface area is 239 Å². The van der Waals surface area contributed by atoms with Crippen LogP contribution in [0.3, 0.4) is 0 Å². The molecule has 8 heteroatoms. The fraction of sp³-hybridized carbons (Fsp3) is 0.323. The van der Waals surface area contributed by atoms with Crippen molar-refractivity contribution in [1.29, 1.82) is 0 Å². The van der Waals surface area contributed by atoms with Gasteiger partial charge in [-0.2, -0.15) is 4.98 Å². The van der Waals surface area contributed by atoms with Crippen molar-refractivity contribution in [1.82, 2.24) is 15.2 Å². The molecule has 202 valence electrons. The lowest BCUT2D eigenvalue weighted by Gasteiger charge is -2.30. The van der Waals surface area contributed by atoms with Crippen LogP contribution in [-0.2, 0) is 16.6 Å². The smallest absolute Gasteiger partial charge is 0.247 e. The maximum absolute atomic E-state index is 11.3. The van der Waals surface area contributed by atoms with Crippen LogP contribution < -0.4 is 10.1 Å². The minimum Gasteiger partial charge on any atom is -0.507 e. The number of thioether (sulfide) groups is 1. The molecule has 0 amide bonds. The number of aromatic nitrogens is 3. The van der Waals surface area contributed by atoms with E-state index in [-0.39, 0.29) is 10.8 Å². The maximum atomic E-state index is 11.3. The molecule has 1 aliphatic rings. The number of hydrogen-bond donors (Lipinski definition) is 2. The van der Waals surface area contributed by atoms with Crippen molar-refractivity contribution in [2.45, 2.75) is 69.5 Å². The van der Waals surface area contributed by atoms with Gasteiger partial charge in [-0.3, -0.25) is 0 Å². The van der Waals surface area contributed by atoms with Gasteiger partial charge in [-0.15, -0.1) is 10.2 Å². The quantitative estimate of drug-likeness (QED) is 0.243. The fourth-order valence-corrected chi connectivity index (χ4v) is 5.63. The summed E-state index contributed by atoms with van der Waals surface area (Å²) in [4.78, 5) is 4.79. The lowest BCUT2D eigenvalue weighted by Crippen LogP contribution is -2.22. The van der Waals surface area contributed by atoms with Crippen molar-refractivity contribution in [3.63, 3.8) is 0 Å². The second kappa shape index (κ2) is 10.4. The highest BCUT2D eigenvalue weighted by Gasteiger charge is 2.31. The zero-order chi connectivity index (χ0) is 27.9. The fourth-order valence-electron chi connectivity index (χ4n) is 4.57. The first-order valence-corrected chi connectivity index (χ1v) is 14.3. The van der Waals surface area contributed by atoms with Crippen LogP contribution >= 0.6 is 23.4 Å². The molecular formula is C31H33ClN4O2S. The molecule has 1 atom stereocenters. The number of nitrogens with zero attached hydrogens (tertiary/aromatic N) is 3. The molecule has 0 fully saturated rings. The van der Waals surface area contributed by atoms with Gasteiger partial charge in [0, 0.05) is 38.7 Å². The van der Waals surface area contributed by atoms with Gasteiger partial charge < -0.3 is 15.2 Å². The van der Waals surface area contributed by atoms with Crippen LogP contribution in [-0.4, -0.2) is 20.3 Å². The van der Waals surface area contributed by atoms with Crippen LogP contribution in [0.15, 0.2) is 65.8 Å². The van der Waals surface area contributed by atoms with Crippen molar-refractivity contribution in [3.05, 3.63) is 87.9 Å². The summed E-state index contributed by atoms with van der Waals surface area (Å²) in [6, 6.07) is 19.7. The van der Waals surface area contributed by atoms with Crippen molar-refractivity contribution >= 4 is 29.1 Å². The van der Waals surface area contributed by atoms with Crippen molar-refractivity contribution in [3.8, 4) is 22.9 Å². The SMILES string of the molecule is CC(C)(C)c1cc([C@@H]2Nc3ccccc3-c3nnc(SCc4ccccc4Cl)nc3O2)cc(C(C)(C)C)c1O. The lowest BCUT2D eigenvalue weighted by atomic mass is 9.78. The summed E-state index contributed by atoms with van der Waals surface area (Å²) in [6.45, 7) is 12.6. The largest absolute Gasteiger partial charge is 0.507 e. The van der Waals surface area contributed by atoms with E-state index >= 15 is 0 Å². The number of hydrogen-bond acceptors (Lipinski definition) is 7. The molecule has 4 aromatic rings. The van der Waals surface area contributed by atoms with Crippen LogP contribution in [0.2, 0.25) is 5.02 Å². The van der Waals surface area contributed by atoms with Gasteiger partial charge in [0.25, 0.3) is 0 Å². The number of phenols is 1. The van der Waals surface area contributed by atoms with Gasteiger partial charge in [-0.05, 0) is 40.7 Å². The summed E-state index contributed by atoms with van der Waals surface area (Å²) in [7, 11) is 0.